The summed E-state index contributed by atoms with van der Waals surface area (Å²) in [5.41, 5.74) is -1.56. The number of β-amino-alcohol motifs (C(OH)–C–C–N with tert-alkyl or cyclic N) is 1. The Morgan fingerprint density at radius 3 is 2.45 bits per heavy atom. The highest BCUT2D eigenvalue weighted by atomic mass is 19.4. The number of nitrogens with zero attached hydrogens (tertiary/aromatic N) is 4. The van der Waals surface area contributed by atoms with Gasteiger partial charge in [0, 0.05) is 46.0 Å². The molecule has 0 saturated carbocycles. The van der Waals surface area contributed by atoms with Crippen molar-refractivity contribution in [2.24, 2.45) is 7.05 Å². The Kier molecular flexibility index (Phi) is 4.76. The minimum Gasteiger partial charge on any atom is -0.392 e. The molecular weight excluding hydrogens is 301 g/mol. The molecule has 9 heteroatoms. The molecule has 1 aliphatic heterocycles. The molecule has 1 N–H and O–H groups in total. The zero-order chi connectivity index (χ0) is 16.5. The van der Waals surface area contributed by atoms with Gasteiger partial charge in [-0.15, -0.1) is 0 Å². The smallest absolute Gasteiger partial charge is 0.392 e. The number of carbonyl (C=O) groups excluding carboxylic acids is 1. The summed E-state index contributed by atoms with van der Waals surface area (Å²) in [6.45, 7) is 3.87. The Labute approximate surface area is 126 Å². The molecule has 1 atom stereocenters. The van der Waals surface area contributed by atoms with Crippen molar-refractivity contribution >= 4 is 5.91 Å². The second kappa shape index (κ2) is 6.25. The number of hydrogen-bond donors (Lipinski definition) is 1. The molecule has 1 aromatic heterocycles. The molecule has 124 valence electrons. The van der Waals surface area contributed by atoms with Crippen molar-refractivity contribution in [3.63, 3.8) is 0 Å². The number of aromatic nitrogens is 2. The van der Waals surface area contributed by atoms with Gasteiger partial charge in [-0.05, 0) is 6.92 Å². The van der Waals surface area contributed by atoms with Crippen molar-refractivity contribution in [3.8, 4) is 0 Å². The minimum atomic E-state index is -4.65. The van der Waals surface area contributed by atoms with Crippen molar-refractivity contribution in [2.45, 2.75) is 19.2 Å². The molecule has 0 bridgehead atoms. The standard InChI is InChI=1S/C13H19F3N4O2/c1-9(21)7-19-3-5-20(6-4-19)12(22)10-8-18(2)17-11(10)13(14,15)16/h8-9,21H,3-7H2,1-2H3. The van der Waals surface area contributed by atoms with Gasteiger partial charge in [0.15, 0.2) is 5.69 Å². The number of aryl methyl sites for hydroxylation is 1. The lowest BCUT2D eigenvalue weighted by Gasteiger charge is -2.35. The van der Waals surface area contributed by atoms with Crippen LogP contribution in [0.5, 0.6) is 0 Å². The van der Waals surface area contributed by atoms with Gasteiger partial charge < -0.3 is 10.0 Å². The molecule has 2 heterocycles. The van der Waals surface area contributed by atoms with Crippen LogP contribution in [0.2, 0.25) is 0 Å². The van der Waals surface area contributed by atoms with E-state index in [1.807, 2.05) is 4.90 Å². The normalized spacial score (nSPS) is 18.5. The SMILES string of the molecule is CC(O)CN1CCN(C(=O)c2cn(C)nc2C(F)(F)F)CC1. The number of rotatable bonds is 3. The number of carbonyl (C=O) groups is 1. The van der Waals surface area contributed by atoms with Crippen LogP contribution in [0.3, 0.4) is 0 Å². The van der Waals surface area contributed by atoms with E-state index in [1.165, 1.54) is 11.9 Å². The third-order valence-corrected chi connectivity index (χ3v) is 3.51. The number of aliphatic hydroxyl groups is 1. The van der Waals surface area contributed by atoms with Crippen molar-refractivity contribution in [1.82, 2.24) is 19.6 Å². The quantitative estimate of drug-likeness (QED) is 0.885. The maximum atomic E-state index is 12.9. The molecule has 1 aromatic rings. The lowest BCUT2D eigenvalue weighted by Crippen LogP contribution is -2.50. The van der Waals surface area contributed by atoms with E-state index in [-0.39, 0.29) is 0 Å². The largest absolute Gasteiger partial charge is 0.435 e. The first kappa shape index (κ1) is 16.8. The summed E-state index contributed by atoms with van der Waals surface area (Å²) in [5, 5.41) is 12.7. The third-order valence-electron chi connectivity index (χ3n) is 3.51. The van der Waals surface area contributed by atoms with E-state index in [1.54, 1.807) is 6.92 Å². The average Bonchev–Trinajstić information content (AvgIpc) is 2.80. The maximum Gasteiger partial charge on any atom is 0.435 e. The lowest BCUT2D eigenvalue weighted by molar-refractivity contribution is -0.141. The molecule has 6 nitrogen and oxygen atoms in total. The summed E-state index contributed by atoms with van der Waals surface area (Å²) in [6, 6.07) is 0. The van der Waals surface area contributed by atoms with E-state index in [9.17, 15) is 23.1 Å². The number of halogens is 3. The summed E-state index contributed by atoms with van der Waals surface area (Å²) in [7, 11) is 1.35. The first-order valence-electron chi connectivity index (χ1n) is 6.99. The van der Waals surface area contributed by atoms with Crippen molar-refractivity contribution < 1.29 is 23.1 Å². The number of aliphatic hydroxyl groups excluding tert-OH is 1. The highest BCUT2D eigenvalue weighted by Crippen LogP contribution is 2.31. The van der Waals surface area contributed by atoms with Crippen LogP contribution in [0.4, 0.5) is 13.2 Å². The monoisotopic (exact) mass is 320 g/mol. The van der Waals surface area contributed by atoms with Gasteiger partial charge in [0.1, 0.15) is 0 Å². The number of piperazine rings is 1. The number of hydrogen-bond acceptors (Lipinski definition) is 4. The predicted molar refractivity (Wildman–Crippen MR) is 72.2 cm³/mol. The predicted octanol–water partition coefficient (Wildman–Crippen LogP) is 0.578. The zero-order valence-corrected chi connectivity index (χ0v) is 12.5. The van der Waals surface area contributed by atoms with Gasteiger partial charge >= 0.3 is 6.18 Å². The third kappa shape index (κ3) is 3.77. The Hall–Kier alpha value is -1.61. The van der Waals surface area contributed by atoms with Crippen LogP contribution in [0.15, 0.2) is 6.20 Å². The lowest BCUT2D eigenvalue weighted by atomic mass is 10.2. The molecule has 1 unspecified atom stereocenters. The van der Waals surface area contributed by atoms with Crippen LogP contribution in [-0.2, 0) is 13.2 Å². The van der Waals surface area contributed by atoms with Crippen molar-refractivity contribution in [3.05, 3.63) is 17.5 Å². The van der Waals surface area contributed by atoms with E-state index in [2.05, 4.69) is 5.10 Å². The molecule has 1 amide bonds. The molecule has 2 rings (SSSR count). The van der Waals surface area contributed by atoms with Crippen molar-refractivity contribution in [1.29, 1.82) is 0 Å². The van der Waals surface area contributed by atoms with Crippen molar-refractivity contribution in [2.75, 3.05) is 32.7 Å². The molecule has 0 aromatic carbocycles. The molecule has 0 aliphatic carbocycles. The van der Waals surface area contributed by atoms with E-state index in [0.717, 1.165) is 10.9 Å². The highest BCUT2D eigenvalue weighted by molar-refractivity contribution is 5.95. The average molecular weight is 320 g/mol. The van der Waals surface area contributed by atoms with Gasteiger partial charge in [-0.25, -0.2) is 0 Å². The second-order valence-electron chi connectivity index (χ2n) is 5.50. The zero-order valence-electron chi connectivity index (χ0n) is 12.5. The second-order valence-corrected chi connectivity index (χ2v) is 5.50. The van der Waals surface area contributed by atoms with E-state index in [0.29, 0.717) is 32.7 Å². The van der Waals surface area contributed by atoms with Crippen LogP contribution < -0.4 is 0 Å². The van der Waals surface area contributed by atoms with Gasteiger partial charge in [-0.3, -0.25) is 14.4 Å². The van der Waals surface area contributed by atoms with Crippen LogP contribution in [0.25, 0.3) is 0 Å². The Morgan fingerprint density at radius 2 is 1.95 bits per heavy atom. The van der Waals surface area contributed by atoms with Gasteiger partial charge in [0.25, 0.3) is 5.91 Å². The van der Waals surface area contributed by atoms with Crippen LogP contribution >= 0.6 is 0 Å². The molecule has 1 saturated heterocycles. The van der Waals surface area contributed by atoms with Gasteiger partial charge in [-0.2, -0.15) is 18.3 Å². The number of amides is 1. The van der Waals surface area contributed by atoms with E-state index in [4.69, 9.17) is 0 Å². The summed E-state index contributed by atoms with van der Waals surface area (Å²) in [6.07, 6.45) is -4.02. The summed E-state index contributed by atoms with van der Waals surface area (Å²) < 4.78 is 39.7. The first-order chi connectivity index (χ1) is 10.2. The van der Waals surface area contributed by atoms with Crippen LogP contribution in [0, 0.1) is 0 Å². The Morgan fingerprint density at radius 1 is 1.36 bits per heavy atom. The first-order valence-corrected chi connectivity index (χ1v) is 6.99. The van der Waals surface area contributed by atoms with E-state index < -0.39 is 29.4 Å². The Balaban J connectivity index is 2.08. The van der Waals surface area contributed by atoms with Crippen LogP contribution in [-0.4, -0.2) is 69.4 Å². The highest BCUT2D eigenvalue weighted by Gasteiger charge is 2.40. The molecule has 0 radical (unpaired) electrons. The molecule has 0 spiro atoms. The van der Waals surface area contributed by atoms with Gasteiger partial charge in [0.2, 0.25) is 0 Å². The molecular formula is C13H19F3N4O2. The fourth-order valence-corrected chi connectivity index (χ4v) is 2.53. The fraction of sp³-hybridized carbons (Fsp3) is 0.692. The summed E-state index contributed by atoms with van der Waals surface area (Å²) in [4.78, 5) is 15.7. The molecule has 1 fully saturated rings. The topological polar surface area (TPSA) is 61.6 Å². The fourth-order valence-electron chi connectivity index (χ4n) is 2.53. The minimum absolute atomic E-state index is 0.331. The molecule has 1 aliphatic rings. The Bertz CT molecular complexity index is 534. The summed E-state index contributed by atoms with van der Waals surface area (Å²) >= 11 is 0. The molecule has 22 heavy (non-hydrogen) atoms. The number of alkyl halides is 3. The van der Waals surface area contributed by atoms with E-state index >= 15 is 0 Å². The van der Waals surface area contributed by atoms with Gasteiger partial charge in [-0.1, -0.05) is 0 Å². The summed E-state index contributed by atoms with van der Waals surface area (Å²) in [5.74, 6) is -0.655. The maximum absolute atomic E-state index is 12.9. The van der Waals surface area contributed by atoms with Gasteiger partial charge in [0.05, 0.1) is 11.7 Å². The van der Waals surface area contributed by atoms with Crippen LogP contribution in [0.1, 0.15) is 23.0 Å².